The molecule has 1 aliphatic rings. The maximum Gasteiger partial charge on any atom is 0.346 e. The number of hydrogen-bond donors (Lipinski definition) is 0. The Morgan fingerprint density at radius 2 is 1.54 bits per heavy atom. The topological polar surface area (TPSA) is 95.7 Å². The van der Waals surface area contributed by atoms with Crippen LogP contribution >= 0.6 is 23.5 Å². The van der Waals surface area contributed by atoms with Crippen molar-refractivity contribution in [1.29, 1.82) is 0 Å². The Morgan fingerprint density at radius 1 is 1.04 bits per heavy atom. The molecule has 136 valence electrons. The molecule has 0 saturated carbocycles. The number of allylic oxidation sites excluding steroid dienone is 2. The monoisotopic (exact) mass is 393 g/mol. The molecule has 26 heavy (non-hydrogen) atoms. The van der Waals surface area contributed by atoms with Crippen LogP contribution in [0, 0.1) is 10.1 Å². The Balaban J connectivity index is 2.43. The summed E-state index contributed by atoms with van der Waals surface area (Å²) in [7, 11) is 2.42. The van der Waals surface area contributed by atoms with Crippen molar-refractivity contribution in [3.63, 3.8) is 0 Å². The molecule has 0 aliphatic carbocycles. The molecular formula is C17H15NO6S2. The van der Waals surface area contributed by atoms with Gasteiger partial charge in [0.05, 0.1) is 28.9 Å². The largest absolute Gasteiger partial charge is 0.465 e. The molecule has 0 N–H and O–H groups in total. The summed E-state index contributed by atoms with van der Waals surface area (Å²) in [6.45, 7) is 1.68. The zero-order valence-corrected chi connectivity index (χ0v) is 15.8. The number of nitro groups is 1. The van der Waals surface area contributed by atoms with Crippen molar-refractivity contribution in [1.82, 2.24) is 0 Å². The predicted molar refractivity (Wildman–Crippen MR) is 100 cm³/mol. The fraction of sp³-hybridized carbons (Fsp3) is 0.176. The number of methoxy groups -OCH3 is 2. The van der Waals surface area contributed by atoms with Gasteiger partial charge in [-0.05, 0) is 24.6 Å². The third-order valence-corrected chi connectivity index (χ3v) is 6.07. The molecule has 0 atom stereocenters. The predicted octanol–water partition coefficient (Wildman–Crippen LogP) is 3.57. The molecule has 0 amide bonds. The summed E-state index contributed by atoms with van der Waals surface area (Å²) in [4.78, 5) is 35.0. The number of esters is 2. The number of thioether (sulfide) groups is 2. The lowest BCUT2D eigenvalue weighted by atomic mass is 10.1. The van der Waals surface area contributed by atoms with Crippen molar-refractivity contribution >= 4 is 41.2 Å². The van der Waals surface area contributed by atoms with Gasteiger partial charge in [-0.25, -0.2) is 9.59 Å². The van der Waals surface area contributed by atoms with Crippen LogP contribution in [0.1, 0.15) is 12.5 Å². The van der Waals surface area contributed by atoms with Gasteiger partial charge in [-0.15, -0.1) is 0 Å². The summed E-state index contributed by atoms with van der Waals surface area (Å²) in [6, 6.07) is 8.46. The van der Waals surface area contributed by atoms with E-state index in [0.717, 1.165) is 23.5 Å². The van der Waals surface area contributed by atoms with Crippen LogP contribution in [-0.4, -0.2) is 31.1 Å². The molecule has 1 aromatic rings. The standard InChI is InChI=1S/C17H15NO6S2/c1-10(9-12(18(21)22)11-7-5-4-6-8-11)17-25-13(15(19)23-2)14(26-17)16(20)24-3/h4-9H,1-3H3/b12-9-. The first-order valence-corrected chi connectivity index (χ1v) is 8.91. The van der Waals surface area contributed by atoms with Gasteiger partial charge in [0.1, 0.15) is 9.81 Å². The highest BCUT2D eigenvalue weighted by molar-refractivity contribution is 8.29. The molecule has 0 saturated heterocycles. The first-order valence-electron chi connectivity index (χ1n) is 7.28. The minimum Gasteiger partial charge on any atom is -0.465 e. The van der Waals surface area contributed by atoms with Crippen molar-refractivity contribution in [3.8, 4) is 0 Å². The molecule has 1 aliphatic heterocycles. The van der Waals surface area contributed by atoms with Gasteiger partial charge in [0.15, 0.2) is 0 Å². The van der Waals surface area contributed by atoms with Gasteiger partial charge in [0.2, 0.25) is 0 Å². The summed E-state index contributed by atoms with van der Waals surface area (Å²) < 4.78 is 9.95. The smallest absolute Gasteiger partial charge is 0.346 e. The van der Waals surface area contributed by atoms with E-state index in [1.54, 1.807) is 37.3 Å². The molecule has 1 heterocycles. The number of nitrogens with zero attached hydrogens (tertiary/aromatic N) is 1. The molecule has 0 spiro atoms. The zero-order valence-electron chi connectivity index (χ0n) is 14.2. The van der Waals surface area contributed by atoms with E-state index in [1.807, 2.05) is 0 Å². The number of carbonyl (C=O) groups excluding carboxylic acids is 2. The minimum absolute atomic E-state index is 0.0806. The van der Waals surface area contributed by atoms with Crippen molar-refractivity contribution < 1.29 is 24.0 Å². The molecule has 9 heteroatoms. The second-order valence-corrected chi connectivity index (χ2v) is 7.27. The summed E-state index contributed by atoms with van der Waals surface area (Å²) in [5.74, 6) is -1.32. The fourth-order valence-electron chi connectivity index (χ4n) is 2.03. The second kappa shape index (κ2) is 8.72. The van der Waals surface area contributed by atoms with Crippen LogP contribution < -0.4 is 0 Å². The summed E-state index contributed by atoms with van der Waals surface area (Å²) >= 11 is 2.06. The number of benzene rings is 1. The lowest BCUT2D eigenvalue weighted by Crippen LogP contribution is -2.08. The third kappa shape index (κ3) is 4.36. The van der Waals surface area contributed by atoms with Crippen LogP contribution in [0.4, 0.5) is 0 Å². The summed E-state index contributed by atoms with van der Waals surface area (Å²) in [5, 5.41) is 11.4. The van der Waals surface area contributed by atoms with E-state index in [1.165, 1.54) is 20.3 Å². The van der Waals surface area contributed by atoms with Gasteiger partial charge in [-0.3, -0.25) is 10.1 Å². The summed E-state index contributed by atoms with van der Waals surface area (Å²) in [5.41, 5.74) is 0.929. The molecule has 0 bridgehead atoms. The van der Waals surface area contributed by atoms with Crippen LogP contribution in [0.5, 0.6) is 0 Å². The Hall–Kier alpha value is -2.52. The summed E-state index contributed by atoms with van der Waals surface area (Å²) in [6.07, 6.45) is 1.42. The van der Waals surface area contributed by atoms with E-state index >= 15 is 0 Å². The van der Waals surface area contributed by atoms with E-state index in [9.17, 15) is 19.7 Å². The average Bonchev–Trinajstić information content (AvgIpc) is 3.10. The van der Waals surface area contributed by atoms with Crippen LogP contribution in [0.2, 0.25) is 0 Å². The molecule has 0 aromatic heterocycles. The van der Waals surface area contributed by atoms with E-state index in [4.69, 9.17) is 9.47 Å². The number of rotatable bonds is 5. The van der Waals surface area contributed by atoms with E-state index < -0.39 is 16.9 Å². The van der Waals surface area contributed by atoms with Crippen molar-refractivity contribution in [2.24, 2.45) is 0 Å². The molecule has 2 rings (SSSR count). The van der Waals surface area contributed by atoms with Crippen LogP contribution in [0.15, 0.2) is 56.0 Å². The van der Waals surface area contributed by atoms with Gasteiger partial charge in [-0.1, -0.05) is 41.7 Å². The van der Waals surface area contributed by atoms with E-state index in [0.29, 0.717) is 15.4 Å². The lowest BCUT2D eigenvalue weighted by molar-refractivity contribution is -0.375. The number of ether oxygens (including phenoxy) is 2. The Bertz CT molecular complexity index is 812. The molecule has 7 nitrogen and oxygen atoms in total. The number of hydrogen-bond acceptors (Lipinski definition) is 8. The molecule has 0 fully saturated rings. The van der Waals surface area contributed by atoms with Crippen molar-refractivity contribution in [2.75, 3.05) is 14.2 Å². The van der Waals surface area contributed by atoms with E-state index in [-0.39, 0.29) is 15.5 Å². The van der Waals surface area contributed by atoms with Crippen molar-refractivity contribution in [3.05, 3.63) is 71.7 Å². The van der Waals surface area contributed by atoms with Gasteiger partial charge in [0, 0.05) is 6.08 Å². The van der Waals surface area contributed by atoms with Gasteiger partial charge < -0.3 is 9.47 Å². The first-order chi connectivity index (χ1) is 12.4. The van der Waals surface area contributed by atoms with Crippen LogP contribution in [0.3, 0.4) is 0 Å². The highest BCUT2D eigenvalue weighted by Crippen LogP contribution is 2.51. The minimum atomic E-state index is -0.660. The van der Waals surface area contributed by atoms with Gasteiger partial charge in [0.25, 0.3) is 5.70 Å². The molecule has 0 unspecified atom stereocenters. The highest BCUT2D eigenvalue weighted by atomic mass is 32.2. The maximum absolute atomic E-state index is 11.9. The Labute approximate surface area is 158 Å². The zero-order chi connectivity index (χ0) is 19.3. The molecular weight excluding hydrogens is 378 g/mol. The van der Waals surface area contributed by atoms with Gasteiger partial charge in [-0.2, -0.15) is 0 Å². The van der Waals surface area contributed by atoms with Gasteiger partial charge >= 0.3 is 11.9 Å². The lowest BCUT2D eigenvalue weighted by Gasteiger charge is -2.03. The fourth-order valence-corrected chi connectivity index (χ4v) is 4.44. The highest BCUT2D eigenvalue weighted by Gasteiger charge is 2.33. The SMILES string of the molecule is COC(=O)C1=C(C(=O)OC)SC(=C(C)/C=C(/c2ccccc2)[N+](=O)[O-])S1. The Kier molecular flexibility index (Phi) is 6.64. The molecule has 0 radical (unpaired) electrons. The quantitative estimate of drug-likeness (QED) is 0.426. The van der Waals surface area contributed by atoms with Crippen LogP contribution in [-0.2, 0) is 19.1 Å². The number of carbonyl (C=O) groups is 2. The maximum atomic E-state index is 11.9. The second-order valence-electron chi connectivity index (χ2n) is 4.97. The average molecular weight is 393 g/mol. The first kappa shape index (κ1) is 19.8. The van der Waals surface area contributed by atoms with Crippen molar-refractivity contribution in [2.45, 2.75) is 6.92 Å². The Morgan fingerprint density at radius 3 is 1.96 bits per heavy atom. The third-order valence-electron chi connectivity index (χ3n) is 3.28. The normalized spacial score (nSPS) is 14.3. The molecule has 1 aromatic carbocycles. The van der Waals surface area contributed by atoms with Crippen LogP contribution in [0.25, 0.3) is 5.70 Å². The van der Waals surface area contributed by atoms with E-state index in [2.05, 4.69) is 0 Å².